The second-order valence-corrected chi connectivity index (χ2v) is 7.86. The number of fused-ring (bicyclic) bond motifs is 1. The van der Waals surface area contributed by atoms with E-state index in [1.54, 1.807) is 17.2 Å². The number of nitrogens with zero attached hydrogens (tertiary/aromatic N) is 5. The molecule has 152 valence electrons. The highest BCUT2D eigenvalue weighted by atomic mass is 16.1. The number of carbonyl (C=O) groups is 1. The summed E-state index contributed by atoms with van der Waals surface area (Å²) in [5, 5.41) is 7.51. The predicted octanol–water partition coefficient (Wildman–Crippen LogP) is 3.37. The first-order valence-electron chi connectivity index (χ1n) is 10.3. The topological polar surface area (TPSA) is 101 Å². The van der Waals surface area contributed by atoms with Gasteiger partial charge in [0.2, 0.25) is 5.91 Å². The number of carbonyl (C=O) groups excluding carboxylic acids is 1. The van der Waals surface area contributed by atoms with Gasteiger partial charge in [0, 0.05) is 42.2 Å². The smallest absolute Gasteiger partial charge is 0.220 e. The fourth-order valence-corrected chi connectivity index (χ4v) is 3.54. The zero-order chi connectivity index (χ0) is 20.5. The lowest BCUT2D eigenvalue weighted by Crippen LogP contribution is -2.25. The summed E-state index contributed by atoms with van der Waals surface area (Å²) in [4.78, 5) is 28.1. The summed E-state index contributed by atoms with van der Waals surface area (Å²) in [5.74, 6) is 1.18. The number of pyridine rings is 2. The van der Waals surface area contributed by atoms with Crippen LogP contribution in [0.3, 0.4) is 0 Å². The first-order chi connectivity index (χ1) is 14.7. The Labute approximate surface area is 173 Å². The Balaban J connectivity index is 1.27. The van der Waals surface area contributed by atoms with Crippen molar-refractivity contribution in [2.45, 2.75) is 44.6 Å². The Kier molecular flexibility index (Phi) is 4.74. The number of amides is 1. The van der Waals surface area contributed by atoms with Crippen LogP contribution < -0.4 is 5.32 Å². The fraction of sp³-hybridized carbons (Fsp3) is 0.318. The van der Waals surface area contributed by atoms with Crippen molar-refractivity contribution >= 4 is 17.1 Å². The van der Waals surface area contributed by atoms with Gasteiger partial charge in [0.25, 0.3) is 0 Å². The lowest BCUT2D eigenvalue weighted by atomic mass is 9.97. The van der Waals surface area contributed by atoms with Crippen LogP contribution in [0.1, 0.15) is 44.1 Å². The standard InChI is InChI=1S/C22H23N7O/c1-14(2-7-20(30)28-17-4-5-17)15-3-6-19(24-10-15)29-12-16(11-27-29)18-8-9-23-22-21(18)25-13-26-22/h3,6,8-14,17H,2,4-5,7H2,1H3,(H,28,30)(H,23,25,26). The maximum absolute atomic E-state index is 11.9. The van der Waals surface area contributed by atoms with Crippen molar-refractivity contribution in [3.8, 4) is 16.9 Å². The molecule has 0 spiro atoms. The van der Waals surface area contributed by atoms with Crippen LogP contribution in [0.25, 0.3) is 28.1 Å². The number of nitrogens with one attached hydrogen (secondary N) is 2. The van der Waals surface area contributed by atoms with E-state index in [9.17, 15) is 4.79 Å². The van der Waals surface area contributed by atoms with Gasteiger partial charge in [0.1, 0.15) is 0 Å². The Morgan fingerprint density at radius 3 is 2.93 bits per heavy atom. The summed E-state index contributed by atoms with van der Waals surface area (Å²) in [6, 6.07) is 6.39. The van der Waals surface area contributed by atoms with Crippen LogP contribution in [-0.4, -0.2) is 41.7 Å². The van der Waals surface area contributed by atoms with Gasteiger partial charge in [-0.15, -0.1) is 0 Å². The first-order valence-corrected chi connectivity index (χ1v) is 10.3. The molecule has 0 saturated heterocycles. The van der Waals surface area contributed by atoms with E-state index in [1.165, 1.54) is 0 Å². The molecule has 0 aliphatic heterocycles. The molecule has 5 rings (SSSR count). The average Bonchev–Trinajstić information content (AvgIpc) is 3.25. The minimum Gasteiger partial charge on any atom is -0.353 e. The van der Waals surface area contributed by atoms with Crippen molar-refractivity contribution in [3.05, 3.63) is 54.9 Å². The van der Waals surface area contributed by atoms with E-state index < -0.39 is 0 Å². The summed E-state index contributed by atoms with van der Waals surface area (Å²) in [7, 11) is 0. The predicted molar refractivity (Wildman–Crippen MR) is 113 cm³/mol. The molecule has 0 radical (unpaired) electrons. The van der Waals surface area contributed by atoms with Crippen LogP contribution in [0.4, 0.5) is 0 Å². The van der Waals surface area contributed by atoms with Crippen LogP contribution in [0.5, 0.6) is 0 Å². The summed E-state index contributed by atoms with van der Waals surface area (Å²) < 4.78 is 1.76. The quantitative estimate of drug-likeness (QED) is 0.494. The van der Waals surface area contributed by atoms with Gasteiger partial charge in [-0.2, -0.15) is 5.10 Å². The van der Waals surface area contributed by atoms with Gasteiger partial charge in [-0.3, -0.25) is 4.79 Å². The highest BCUT2D eigenvalue weighted by Crippen LogP contribution is 2.26. The largest absolute Gasteiger partial charge is 0.353 e. The molecular weight excluding hydrogens is 378 g/mol. The Hall–Kier alpha value is -3.55. The van der Waals surface area contributed by atoms with Crippen molar-refractivity contribution in [1.29, 1.82) is 0 Å². The SMILES string of the molecule is CC(CCC(=O)NC1CC1)c1ccc(-n2cc(-c3ccnc4nc[nH]c34)cn2)nc1. The van der Waals surface area contributed by atoms with E-state index in [2.05, 4.69) is 43.3 Å². The van der Waals surface area contributed by atoms with E-state index >= 15 is 0 Å². The molecule has 2 N–H and O–H groups in total. The zero-order valence-electron chi connectivity index (χ0n) is 16.7. The molecule has 1 fully saturated rings. The van der Waals surface area contributed by atoms with Crippen molar-refractivity contribution in [1.82, 2.24) is 35.0 Å². The Bertz CT molecular complexity index is 1170. The highest BCUT2D eigenvalue weighted by molar-refractivity contribution is 5.88. The van der Waals surface area contributed by atoms with Crippen LogP contribution >= 0.6 is 0 Å². The molecule has 1 unspecified atom stereocenters. The maximum Gasteiger partial charge on any atom is 0.220 e. The van der Waals surface area contributed by atoms with Crippen molar-refractivity contribution in [2.75, 3.05) is 0 Å². The van der Waals surface area contributed by atoms with E-state index in [0.717, 1.165) is 47.3 Å². The number of rotatable bonds is 7. The summed E-state index contributed by atoms with van der Waals surface area (Å²) in [6.07, 6.45) is 12.6. The first kappa shape index (κ1) is 18.5. The van der Waals surface area contributed by atoms with E-state index in [0.29, 0.717) is 18.1 Å². The number of hydrogen-bond donors (Lipinski definition) is 2. The second kappa shape index (κ2) is 7.70. The lowest BCUT2D eigenvalue weighted by molar-refractivity contribution is -0.121. The minimum absolute atomic E-state index is 0.153. The van der Waals surface area contributed by atoms with Gasteiger partial charge in [-0.05, 0) is 42.9 Å². The number of aromatic nitrogens is 6. The molecule has 1 amide bonds. The van der Waals surface area contributed by atoms with Crippen LogP contribution in [0.2, 0.25) is 0 Å². The monoisotopic (exact) mass is 401 g/mol. The summed E-state index contributed by atoms with van der Waals surface area (Å²) in [5.41, 5.74) is 4.66. The lowest BCUT2D eigenvalue weighted by Gasteiger charge is -2.12. The normalized spacial score (nSPS) is 14.7. The van der Waals surface area contributed by atoms with Crippen LogP contribution in [-0.2, 0) is 4.79 Å². The molecule has 4 heterocycles. The zero-order valence-corrected chi connectivity index (χ0v) is 16.7. The molecule has 0 aromatic carbocycles. The molecule has 8 heteroatoms. The van der Waals surface area contributed by atoms with Gasteiger partial charge < -0.3 is 10.3 Å². The van der Waals surface area contributed by atoms with Gasteiger partial charge >= 0.3 is 0 Å². The molecule has 4 aromatic heterocycles. The molecular formula is C22H23N7O. The second-order valence-electron chi connectivity index (χ2n) is 7.86. The minimum atomic E-state index is 0.153. The van der Waals surface area contributed by atoms with Gasteiger partial charge in [0.05, 0.1) is 18.0 Å². The summed E-state index contributed by atoms with van der Waals surface area (Å²) in [6.45, 7) is 2.13. The van der Waals surface area contributed by atoms with Gasteiger partial charge in [0.15, 0.2) is 11.5 Å². The highest BCUT2D eigenvalue weighted by Gasteiger charge is 2.23. The Morgan fingerprint density at radius 2 is 2.13 bits per heavy atom. The van der Waals surface area contributed by atoms with Crippen molar-refractivity contribution in [2.24, 2.45) is 0 Å². The van der Waals surface area contributed by atoms with Gasteiger partial charge in [-0.25, -0.2) is 19.6 Å². The number of hydrogen-bond acceptors (Lipinski definition) is 5. The van der Waals surface area contributed by atoms with Crippen molar-refractivity contribution < 1.29 is 4.79 Å². The van der Waals surface area contributed by atoms with Crippen LogP contribution in [0.15, 0.2) is 49.3 Å². The molecule has 1 saturated carbocycles. The fourth-order valence-electron chi connectivity index (χ4n) is 3.54. The van der Waals surface area contributed by atoms with E-state index in [-0.39, 0.29) is 11.8 Å². The summed E-state index contributed by atoms with van der Waals surface area (Å²) >= 11 is 0. The third-order valence-electron chi connectivity index (χ3n) is 5.54. The number of H-pyrrole nitrogens is 1. The maximum atomic E-state index is 11.9. The molecule has 1 aliphatic carbocycles. The molecule has 0 bridgehead atoms. The van der Waals surface area contributed by atoms with Crippen LogP contribution in [0, 0.1) is 0 Å². The molecule has 1 atom stereocenters. The Morgan fingerprint density at radius 1 is 1.23 bits per heavy atom. The van der Waals surface area contributed by atoms with Crippen molar-refractivity contribution in [3.63, 3.8) is 0 Å². The van der Waals surface area contributed by atoms with E-state index in [4.69, 9.17) is 0 Å². The third-order valence-corrected chi connectivity index (χ3v) is 5.54. The number of aromatic amines is 1. The molecule has 4 aromatic rings. The van der Waals surface area contributed by atoms with Gasteiger partial charge in [-0.1, -0.05) is 13.0 Å². The molecule has 1 aliphatic rings. The van der Waals surface area contributed by atoms with E-state index in [1.807, 2.05) is 30.7 Å². The third kappa shape index (κ3) is 3.80. The average molecular weight is 401 g/mol. The molecule has 8 nitrogen and oxygen atoms in total. The number of imidazole rings is 1. The molecule has 30 heavy (non-hydrogen) atoms.